The van der Waals surface area contributed by atoms with Crippen LogP contribution in [0.25, 0.3) is 0 Å². The number of benzene rings is 2. The van der Waals surface area contributed by atoms with Gasteiger partial charge in [0.25, 0.3) is 0 Å². The highest BCUT2D eigenvalue weighted by Gasteiger charge is 2.08. The lowest BCUT2D eigenvalue weighted by Crippen LogP contribution is -2.11. The van der Waals surface area contributed by atoms with Gasteiger partial charge in [-0.3, -0.25) is 4.79 Å². The summed E-state index contributed by atoms with van der Waals surface area (Å²) in [5.74, 6) is -1.45. The van der Waals surface area contributed by atoms with E-state index in [2.05, 4.69) is 5.32 Å². The number of aromatic carboxylic acids is 1. The van der Waals surface area contributed by atoms with Crippen molar-refractivity contribution in [3.05, 3.63) is 65.2 Å². The standard InChI is InChI=1S/C15H14N2O3/c16-14(18)11-7-5-10(6-8-11)9-17-13-4-2-1-3-12(13)15(19)20/h1-8,17H,9H2,(H2,16,18)(H,19,20). The molecule has 0 aromatic heterocycles. The summed E-state index contributed by atoms with van der Waals surface area (Å²) in [6.45, 7) is 0.462. The molecule has 2 aromatic carbocycles. The van der Waals surface area contributed by atoms with Crippen LogP contribution in [0, 0.1) is 0 Å². The Bertz CT molecular complexity index is 636. The van der Waals surface area contributed by atoms with E-state index in [1.807, 2.05) is 0 Å². The molecule has 0 aliphatic carbocycles. The van der Waals surface area contributed by atoms with Crippen LogP contribution in [-0.4, -0.2) is 17.0 Å². The molecule has 0 radical (unpaired) electrons. The van der Waals surface area contributed by atoms with Crippen LogP contribution < -0.4 is 11.1 Å². The number of nitrogens with one attached hydrogen (secondary N) is 1. The van der Waals surface area contributed by atoms with Gasteiger partial charge in [0.05, 0.1) is 5.56 Å². The summed E-state index contributed by atoms with van der Waals surface area (Å²) >= 11 is 0. The molecule has 0 saturated carbocycles. The smallest absolute Gasteiger partial charge is 0.337 e. The summed E-state index contributed by atoms with van der Waals surface area (Å²) in [4.78, 5) is 22.0. The van der Waals surface area contributed by atoms with Crippen LogP contribution in [0.5, 0.6) is 0 Å². The van der Waals surface area contributed by atoms with Crippen molar-refractivity contribution in [2.24, 2.45) is 5.73 Å². The maximum absolute atomic E-state index is 11.1. The fourth-order valence-electron chi connectivity index (χ4n) is 1.81. The van der Waals surface area contributed by atoms with E-state index in [0.717, 1.165) is 5.56 Å². The number of carboxylic acids is 1. The molecule has 0 saturated heterocycles. The minimum Gasteiger partial charge on any atom is -0.478 e. The van der Waals surface area contributed by atoms with E-state index < -0.39 is 11.9 Å². The first-order valence-electron chi connectivity index (χ1n) is 6.03. The number of carbonyl (C=O) groups excluding carboxylic acids is 1. The van der Waals surface area contributed by atoms with Crippen LogP contribution >= 0.6 is 0 Å². The van der Waals surface area contributed by atoms with Gasteiger partial charge in [-0.05, 0) is 29.8 Å². The molecule has 0 atom stereocenters. The zero-order valence-electron chi connectivity index (χ0n) is 10.7. The lowest BCUT2D eigenvalue weighted by molar-refractivity contribution is 0.0697. The van der Waals surface area contributed by atoms with Crippen LogP contribution in [0.2, 0.25) is 0 Å². The highest BCUT2D eigenvalue weighted by atomic mass is 16.4. The van der Waals surface area contributed by atoms with Gasteiger partial charge in [0, 0.05) is 17.8 Å². The summed E-state index contributed by atoms with van der Waals surface area (Å²) in [6, 6.07) is 13.5. The van der Waals surface area contributed by atoms with Crippen LogP contribution in [0.15, 0.2) is 48.5 Å². The van der Waals surface area contributed by atoms with Crippen molar-refractivity contribution in [2.75, 3.05) is 5.32 Å². The highest BCUT2D eigenvalue weighted by molar-refractivity contribution is 5.94. The molecule has 0 fully saturated rings. The zero-order valence-corrected chi connectivity index (χ0v) is 10.7. The third kappa shape index (κ3) is 3.14. The third-order valence-electron chi connectivity index (χ3n) is 2.88. The van der Waals surface area contributed by atoms with Gasteiger partial charge in [0.2, 0.25) is 5.91 Å². The predicted octanol–water partition coefficient (Wildman–Crippen LogP) is 2.10. The first kappa shape index (κ1) is 13.6. The molecule has 0 aliphatic rings. The number of para-hydroxylation sites is 1. The fourth-order valence-corrected chi connectivity index (χ4v) is 1.81. The van der Waals surface area contributed by atoms with E-state index in [1.54, 1.807) is 48.5 Å². The molecule has 2 rings (SSSR count). The van der Waals surface area contributed by atoms with Gasteiger partial charge in [0.1, 0.15) is 0 Å². The van der Waals surface area contributed by atoms with E-state index in [0.29, 0.717) is 17.8 Å². The Kier molecular flexibility index (Phi) is 4.00. The van der Waals surface area contributed by atoms with Gasteiger partial charge in [-0.1, -0.05) is 24.3 Å². The normalized spacial score (nSPS) is 10.0. The van der Waals surface area contributed by atoms with E-state index in [-0.39, 0.29) is 5.56 Å². The Hall–Kier alpha value is -2.82. The molecule has 5 nitrogen and oxygen atoms in total. The minimum atomic E-state index is -0.975. The van der Waals surface area contributed by atoms with Crippen LogP contribution in [0.1, 0.15) is 26.3 Å². The molecule has 2 aromatic rings. The topological polar surface area (TPSA) is 92.4 Å². The second-order valence-electron chi connectivity index (χ2n) is 4.27. The maximum atomic E-state index is 11.1. The first-order chi connectivity index (χ1) is 9.58. The number of hydrogen-bond acceptors (Lipinski definition) is 3. The number of hydrogen-bond donors (Lipinski definition) is 3. The molecule has 0 spiro atoms. The lowest BCUT2D eigenvalue weighted by Gasteiger charge is -2.09. The van der Waals surface area contributed by atoms with Crippen LogP contribution in [-0.2, 0) is 6.54 Å². The summed E-state index contributed by atoms with van der Waals surface area (Å²) in [5.41, 5.74) is 7.31. The molecule has 1 amide bonds. The Morgan fingerprint density at radius 3 is 2.30 bits per heavy atom. The molecular formula is C15H14N2O3. The van der Waals surface area contributed by atoms with Crippen LogP contribution in [0.3, 0.4) is 0 Å². The number of carboxylic acid groups (broad SMARTS) is 1. The van der Waals surface area contributed by atoms with E-state index in [1.165, 1.54) is 0 Å². The van der Waals surface area contributed by atoms with E-state index in [9.17, 15) is 9.59 Å². The average Bonchev–Trinajstić information content (AvgIpc) is 2.45. The quantitative estimate of drug-likeness (QED) is 0.775. The number of rotatable bonds is 5. The second kappa shape index (κ2) is 5.88. The average molecular weight is 270 g/mol. The Balaban J connectivity index is 2.09. The molecule has 5 heteroatoms. The number of anilines is 1. The predicted molar refractivity (Wildman–Crippen MR) is 75.7 cm³/mol. The SMILES string of the molecule is NC(=O)c1ccc(CNc2ccccc2C(=O)O)cc1. The summed E-state index contributed by atoms with van der Waals surface area (Å²) in [5, 5.41) is 12.1. The molecule has 4 N–H and O–H groups in total. The largest absolute Gasteiger partial charge is 0.478 e. The third-order valence-corrected chi connectivity index (χ3v) is 2.88. The zero-order chi connectivity index (χ0) is 14.5. The first-order valence-corrected chi connectivity index (χ1v) is 6.03. The number of primary amides is 1. The van der Waals surface area contributed by atoms with Gasteiger partial charge in [-0.25, -0.2) is 4.79 Å². The van der Waals surface area contributed by atoms with Crippen molar-refractivity contribution in [3.63, 3.8) is 0 Å². The van der Waals surface area contributed by atoms with Gasteiger partial charge in [-0.2, -0.15) is 0 Å². The minimum absolute atomic E-state index is 0.223. The van der Waals surface area contributed by atoms with Gasteiger partial charge < -0.3 is 16.2 Å². The molecule has 0 heterocycles. The van der Waals surface area contributed by atoms with Crippen molar-refractivity contribution in [2.45, 2.75) is 6.54 Å². The second-order valence-corrected chi connectivity index (χ2v) is 4.27. The van der Waals surface area contributed by atoms with Gasteiger partial charge >= 0.3 is 5.97 Å². The Morgan fingerprint density at radius 1 is 1.05 bits per heavy atom. The summed E-state index contributed by atoms with van der Waals surface area (Å²) in [7, 11) is 0. The molecule has 0 unspecified atom stereocenters. The lowest BCUT2D eigenvalue weighted by atomic mass is 10.1. The van der Waals surface area contributed by atoms with Crippen molar-refractivity contribution < 1.29 is 14.7 Å². The van der Waals surface area contributed by atoms with E-state index >= 15 is 0 Å². The Morgan fingerprint density at radius 2 is 1.70 bits per heavy atom. The van der Waals surface area contributed by atoms with Crippen molar-refractivity contribution in [1.29, 1.82) is 0 Å². The van der Waals surface area contributed by atoms with Crippen molar-refractivity contribution in [3.8, 4) is 0 Å². The van der Waals surface area contributed by atoms with Crippen molar-refractivity contribution in [1.82, 2.24) is 0 Å². The molecular weight excluding hydrogens is 256 g/mol. The highest BCUT2D eigenvalue weighted by Crippen LogP contribution is 2.16. The monoisotopic (exact) mass is 270 g/mol. The molecule has 0 bridgehead atoms. The number of carbonyl (C=O) groups is 2. The molecule has 102 valence electrons. The summed E-state index contributed by atoms with van der Waals surface area (Å²) < 4.78 is 0. The fraction of sp³-hybridized carbons (Fsp3) is 0.0667. The van der Waals surface area contributed by atoms with Crippen molar-refractivity contribution >= 4 is 17.6 Å². The number of nitrogens with two attached hydrogens (primary N) is 1. The summed E-state index contributed by atoms with van der Waals surface area (Å²) in [6.07, 6.45) is 0. The van der Waals surface area contributed by atoms with E-state index in [4.69, 9.17) is 10.8 Å². The molecule has 0 aliphatic heterocycles. The number of amides is 1. The van der Waals surface area contributed by atoms with Crippen LogP contribution in [0.4, 0.5) is 5.69 Å². The maximum Gasteiger partial charge on any atom is 0.337 e. The molecule has 20 heavy (non-hydrogen) atoms. The van der Waals surface area contributed by atoms with Gasteiger partial charge in [-0.15, -0.1) is 0 Å². The Labute approximate surface area is 116 Å². The van der Waals surface area contributed by atoms with Gasteiger partial charge in [0.15, 0.2) is 0 Å².